The van der Waals surface area contributed by atoms with E-state index in [0.29, 0.717) is 0 Å². The van der Waals surface area contributed by atoms with Crippen LogP contribution >= 0.6 is 23.4 Å². The maximum atomic E-state index is 11.8. The van der Waals surface area contributed by atoms with Gasteiger partial charge in [-0.3, -0.25) is 0 Å². The van der Waals surface area contributed by atoms with E-state index in [9.17, 15) is 4.79 Å². The van der Waals surface area contributed by atoms with Crippen LogP contribution in [0.3, 0.4) is 0 Å². The first-order valence-electron chi connectivity index (χ1n) is 8.04. The van der Waals surface area contributed by atoms with Crippen LogP contribution in [0.2, 0.25) is 5.02 Å². The van der Waals surface area contributed by atoms with E-state index in [4.69, 9.17) is 11.6 Å². The molecule has 4 aliphatic rings. The van der Waals surface area contributed by atoms with Gasteiger partial charge in [0.05, 0.1) is 5.25 Å². The normalized spacial score (nSPS) is 38.4. The van der Waals surface area contributed by atoms with E-state index in [0.717, 1.165) is 22.8 Å². The lowest BCUT2D eigenvalue weighted by molar-refractivity contribution is -0.114. The molecule has 1 nitrogen and oxygen atoms in total. The molecule has 112 valence electrons. The zero-order chi connectivity index (χ0) is 14.4. The predicted molar refractivity (Wildman–Crippen MR) is 87.8 cm³/mol. The summed E-state index contributed by atoms with van der Waals surface area (Å²) in [6.07, 6.45) is 9.35. The van der Waals surface area contributed by atoms with Gasteiger partial charge in [0, 0.05) is 9.92 Å². The molecule has 0 N–H and O–H groups in total. The average molecular weight is 321 g/mol. The minimum absolute atomic E-state index is 0.118. The van der Waals surface area contributed by atoms with Crippen molar-refractivity contribution in [1.29, 1.82) is 0 Å². The van der Waals surface area contributed by atoms with Gasteiger partial charge in [-0.25, -0.2) is 0 Å². The Morgan fingerprint density at radius 2 is 1.57 bits per heavy atom. The van der Waals surface area contributed by atoms with Crippen molar-refractivity contribution in [3.63, 3.8) is 0 Å². The van der Waals surface area contributed by atoms with Crippen molar-refractivity contribution in [1.82, 2.24) is 0 Å². The number of hydrogen-bond donors (Lipinski definition) is 0. The summed E-state index contributed by atoms with van der Waals surface area (Å²) < 4.78 is 0. The number of carbonyl (C=O) groups excluding carboxylic acids is 1. The van der Waals surface area contributed by atoms with Gasteiger partial charge in [-0.15, -0.1) is 11.8 Å². The molecule has 1 aromatic carbocycles. The first kappa shape index (κ1) is 14.1. The summed E-state index contributed by atoms with van der Waals surface area (Å²) in [5, 5.41) is 0.879. The maximum Gasteiger partial charge on any atom is 0.133 e. The molecule has 0 amide bonds. The van der Waals surface area contributed by atoms with Gasteiger partial charge in [0.1, 0.15) is 6.29 Å². The second kappa shape index (κ2) is 5.31. The Balaban J connectivity index is 1.58. The molecule has 0 saturated heterocycles. The van der Waals surface area contributed by atoms with Crippen molar-refractivity contribution in [2.75, 3.05) is 0 Å². The van der Waals surface area contributed by atoms with Crippen LogP contribution in [0, 0.1) is 23.2 Å². The number of benzene rings is 1. The fourth-order valence-electron chi connectivity index (χ4n) is 5.48. The van der Waals surface area contributed by atoms with Crippen LogP contribution in [-0.4, -0.2) is 11.5 Å². The van der Waals surface area contributed by atoms with Gasteiger partial charge < -0.3 is 4.79 Å². The number of carbonyl (C=O) groups is 1. The third-order valence-corrected chi connectivity index (χ3v) is 7.55. The quantitative estimate of drug-likeness (QED) is 0.559. The van der Waals surface area contributed by atoms with E-state index in [1.54, 1.807) is 11.8 Å². The van der Waals surface area contributed by atoms with E-state index in [-0.39, 0.29) is 10.7 Å². The van der Waals surface area contributed by atoms with Crippen molar-refractivity contribution in [3.05, 3.63) is 29.3 Å². The van der Waals surface area contributed by atoms with Crippen LogP contribution in [0.5, 0.6) is 0 Å². The molecular weight excluding hydrogens is 300 g/mol. The van der Waals surface area contributed by atoms with Gasteiger partial charge in [0.25, 0.3) is 0 Å². The van der Waals surface area contributed by atoms with E-state index < -0.39 is 0 Å². The van der Waals surface area contributed by atoms with Gasteiger partial charge in [-0.05, 0) is 86.0 Å². The molecular formula is C18H21ClOS. The average Bonchev–Trinajstić information content (AvgIpc) is 2.45. The van der Waals surface area contributed by atoms with Crippen LogP contribution in [0.25, 0.3) is 0 Å². The highest BCUT2D eigenvalue weighted by atomic mass is 35.5. The van der Waals surface area contributed by atoms with Crippen LogP contribution in [0.4, 0.5) is 0 Å². The number of halogens is 1. The Labute approximate surface area is 135 Å². The molecule has 4 fully saturated rings. The molecule has 0 spiro atoms. The number of rotatable bonds is 4. The van der Waals surface area contributed by atoms with Gasteiger partial charge in [-0.1, -0.05) is 11.6 Å². The Morgan fingerprint density at radius 3 is 2.05 bits per heavy atom. The smallest absolute Gasteiger partial charge is 0.133 e. The number of aldehydes is 1. The largest absolute Gasteiger partial charge is 0.302 e. The van der Waals surface area contributed by atoms with E-state index in [1.807, 2.05) is 24.3 Å². The van der Waals surface area contributed by atoms with Crippen LogP contribution < -0.4 is 0 Å². The summed E-state index contributed by atoms with van der Waals surface area (Å²) in [6, 6.07) is 7.94. The summed E-state index contributed by atoms with van der Waals surface area (Å²) in [4.78, 5) is 13.0. The molecule has 5 rings (SSSR count). The Hall–Kier alpha value is -0.470. The lowest BCUT2D eigenvalue weighted by atomic mass is 9.49. The van der Waals surface area contributed by atoms with Crippen molar-refractivity contribution >= 4 is 29.6 Å². The van der Waals surface area contributed by atoms with Gasteiger partial charge in [0.2, 0.25) is 0 Å². The van der Waals surface area contributed by atoms with Gasteiger partial charge >= 0.3 is 0 Å². The molecule has 0 heterocycles. The third-order valence-electron chi connectivity index (χ3n) is 5.89. The zero-order valence-corrected chi connectivity index (χ0v) is 13.7. The summed E-state index contributed by atoms with van der Waals surface area (Å²) in [5.74, 6) is 2.68. The number of thioether (sulfide) groups is 1. The lowest BCUT2D eigenvalue weighted by Gasteiger charge is -2.58. The second-order valence-electron chi connectivity index (χ2n) is 7.41. The second-order valence-corrected chi connectivity index (χ2v) is 9.06. The zero-order valence-electron chi connectivity index (χ0n) is 12.1. The Morgan fingerprint density at radius 1 is 1.05 bits per heavy atom. The van der Waals surface area contributed by atoms with Crippen molar-refractivity contribution in [2.45, 2.75) is 48.7 Å². The molecule has 4 aliphatic carbocycles. The van der Waals surface area contributed by atoms with E-state index >= 15 is 0 Å². The fourth-order valence-corrected chi connectivity index (χ4v) is 6.79. The summed E-state index contributed by atoms with van der Waals surface area (Å²) in [7, 11) is 0. The van der Waals surface area contributed by atoms with E-state index in [2.05, 4.69) is 0 Å². The molecule has 3 heteroatoms. The van der Waals surface area contributed by atoms with Crippen LogP contribution in [0.1, 0.15) is 38.5 Å². The summed E-state index contributed by atoms with van der Waals surface area (Å²) >= 11 is 7.72. The fraction of sp³-hybridized carbons (Fsp3) is 0.611. The Bertz CT molecular complexity index is 503. The molecule has 0 aliphatic heterocycles. The topological polar surface area (TPSA) is 17.1 Å². The van der Waals surface area contributed by atoms with Gasteiger partial charge in [-0.2, -0.15) is 0 Å². The third kappa shape index (κ3) is 2.55. The highest BCUT2D eigenvalue weighted by Crippen LogP contribution is 2.63. The molecule has 21 heavy (non-hydrogen) atoms. The molecule has 4 saturated carbocycles. The monoisotopic (exact) mass is 320 g/mol. The SMILES string of the molecule is O=CC(Sc1ccc(Cl)cc1)C12CC3CC(CC(C3)C1)C2. The van der Waals surface area contributed by atoms with Gasteiger partial charge in [0.15, 0.2) is 0 Å². The van der Waals surface area contributed by atoms with Crippen molar-refractivity contribution in [2.24, 2.45) is 23.2 Å². The molecule has 0 radical (unpaired) electrons. The Kier molecular flexibility index (Phi) is 3.58. The molecule has 1 aromatic rings. The minimum Gasteiger partial charge on any atom is -0.302 e. The van der Waals surface area contributed by atoms with Crippen molar-refractivity contribution in [3.8, 4) is 0 Å². The summed E-state index contributed by atoms with van der Waals surface area (Å²) in [5.41, 5.74) is 0.279. The molecule has 4 bridgehead atoms. The highest BCUT2D eigenvalue weighted by Gasteiger charge is 2.54. The maximum absolute atomic E-state index is 11.8. The number of hydrogen-bond acceptors (Lipinski definition) is 2. The standard InChI is InChI=1S/C18H21ClOS/c19-15-1-3-16(4-2-15)21-17(11-20)18-8-12-5-13(9-18)7-14(6-12)10-18/h1-4,11-14,17H,5-10H2. The predicted octanol–water partition coefficient (Wildman–Crippen LogP) is 5.22. The minimum atomic E-state index is 0.118. The lowest BCUT2D eigenvalue weighted by Crippen LogP contribution is -2.51. The molecule has 0 aromatic heterocycles. The molecule has 1 unspecified atom stereocenters. The first-order chi connectivity index (χ1) is 10.2. The summed E-state index contributed by atoms with van der Waals surface area (Å²) in [6.45, 7) is 0. The highest BCUT2D eigenvalue weighted by molar-refractivity contribution is 8.00. The first-order valence-corrected chi connectivity index (χ1v) is 9.30. The molecule has 1 atom stereocenters. The van der Waals surface area contributed by atoms with Crippen LogP contribution in [0.15, 0.2) is 29.2 Å². The van der Waals surface area contributed by atoms with E-state index in [1.165, 1.54) is 49.7 Å². The van der Waals surface area contributed by atoms with Crippen molar-refractivity contribution < 1.29 is 4.79 Å². The van der Waals surface area contributed by atoms with Crippen LogP contribution in [-0.2, 0) is 4.79 Å².